The molecule has 0 amide bonds. The highest BCUT2D eigenvalue weighted by Crippen LogP contribution is 2.32. The second-order valence-electron chi connectivity index (χ2n) is 5.23. The van der Waals surface area contributed by atoms with Crippen molar-refractivity contribution in [3.8, 4) is 0 Å². The number of ether oxygens (including phenoxy) is 1. The molecule has 0 radical (unpaired) electrons. The van der Waals surface area contributed by atoms with Crippen LogP contribution in [0.5, 0.6) is 0 Å². The summed E-state index contributed by atoms with van der Waals surface area (Å²) in [6.45, 7) is 2.20. The molecule has 0 spiro atoms. The first-order valence-corrected chi connectivity index (χ1v) is 7.78. The second-order valence-corrected chi connectivity index (χ2v) is 6.17. The third-order valence-corrected chi connectivity index (χ3v) is 4.58. The van der Waals surface area contributed by atoms with E-state index < -0.39 is 11.9 Å². The van der Waals surface area contributed by atoms with Crippen molar-refractivity contribution in [2.75, 3.05) is 19.8 Å². The number of hydrogen-bond acceptors (Lipinski definition) is 4. The number of nitrogens with zero attached hydrogens (tertiary/aromatic N) is 3. The lowest BCUT2D eigenvalue weighted by Crippen LogP contribution is -2.39. The standard InChI is InChI=1S/C14H16F3N3OS/c1-19-4-2-3-10(19)11-8-21-6-5-20(11)7-13-18-12(9-22-13)14(15,16)17/h2-4,9,11H,5-8H2,1H3/t11-/m1/s1. The van der Waals surface area contributed by atoms with E-state index in [9.17, 15) is 13.2 Å². The van der Waals surface area contributed by atoms with Gasteiger partial charge in [-0.05, 0) is 12.1 Å². The van der Waals surface area contributed by atoms with Crippen molar-refractivity contribution in [2.45, 2.75) is 18.8 Å². The third-order valence-electron chi connectivity index (χ3n) is 3.75. The summed E-state index contributed by atoms with van der Waals surface area (Å²) >= 11 is 1.05. The molecule has 8 heteroatoms. The molecule has 22 heavy (non-hydrogen) atoms. The Hall–Kier alpha value is -1.38. The molecule has 1 atom stereocenters. The Kier molecular flexibility index (Phi) is 4.24. The second kappa shape index (κ2) is 6.02. The Morgan fingerprint density at radius 1 is 1.45 bits per heavy atom. The van der Waals surface area contributed by atoms with Gasteiger partial charge in [0.05, 0.1) is 25.8 Å². The monoisotopic (exact) mass is 331 g/mol. The third kappa shape index (κ3) is 3.18. The lowest BCUT2D eigenvalue weighted by Gasteiger charge is -2.35. The summed E-state index contributed by atoms with van der Waals surface area (Å²) in [5.74, 6) is 0. The van der Waals surface area contributed by atoms with Crippen molar-refractivity contribution in [1.82, 2.24) is 14.5 Å². The van der Waals surface area contributed by atoms with E-state index in [0.717, 1.165) is 22.4 Å². The fraction of sp³-hybridized carbons (Fsp3) is 0.500. The number of hydrogen-bond donors (Lipinski definition) is 0. The SMILES string of the molecule is Cn1cccc1[C@H]1COCCN1Cc1nc(C(F)(F)F)cs1. The number of morpholine rings is 1. The van der Waals surface area contributed by atoms with Crippen molar-refractivity contribution >= 4 is 11.3 Å². The van der Waals surface area contributed by atoms with Gasteiger partial charge in [-0.2, -0.15) is 13.2 Å². The molecule has 1 saturated heterocycles. The van der Waals surface area contributed by atoms with Gasteiger partial charge in [-0.15, -0.1) is 11.3 Å². The number of halogens is 3. The minimum atomic E-state index is -4.38. The quantitative estimate of drug-likeness (QED) is 0.866. The van der Waals surface area contributed by atoms with Gasteiger partial charge in [0.15, 0.2) is 5.69 Å². The maximum atomic E-state index is 12.6. The van der Waals surface area contributed by atoms with Crippen molar-refractivity contribution in [3.63, 3.8) is 0 Å². The molecule has 0 unspecified atom stereocenters. The van der Waals surface area contributed by atoms with Crippen LogP contribution in [-0.4, -0.2) is 34.2 Å². The number of alkyl halides is 3. The highest BCUT2D eigenvalue weighted by molar-refractivity contribution is 7.09. The summed E-state index contributed by atoms with van der Waals surface area (Å²) in [5.41, 5.74) is 0.281. The molecule has 1 aliphatic rings. The van der Waals surface area contributed by atoms with E-state index in [1.807, 2.05) is 29.9 Å². The lowest BCUT2D eigenvalue weighted by atomic mass is 10.1. The molecule has 1 fully saturated rings. The van der Waals surface area contributed by atoms with E-state index in [0.29, 0.717) is 31.3 Å². The summed E-state index contributed by atoms with van der Waals surface area (Å²) in [5, 5.41) is 1.56. The number of aryl methyl sites for hydroxylation is 1. The molecule has 3 rings (SSSR count). The zero-order chi connectivity index (χ0) is 15.7. The molecule has 1 aliphatic heterocycles. The molecule has 120 valence electrons. The van der Waals surface area contributed by atoms with Crippen molar-refractivity contribution in [1.29, 1.82) is 0 Å². The first kappa shape index (κ1) is 15.5. The largest absolute Gasteiger partial charge is 0.434 e. The Labute approximate surface area is 130 Å². The normalized spacial score (nSPS) is 20.5. The number of aromatic nitrogens is 2. The first-order valence-electron chi connectivity index (χ1n) is 6.90. The Bertz CT molecular complexity index is 637. The molecule has 3 heterocycles. The van der Waals surface area contributed by atoms with Gasteiger partial charge in [0.25, 0.3) is 0 Å². The van der Waals surface area contributed by atoms with Crippen LogP contribution in [-0.2, 0) is 24.5 Å². The van der Waals surface area contributed by atoms with Crippen LogP contribution in [0.3, 0.4) is 0 Å². The van der Waals surface area contributed by atoms with Crippen LogP contribution in [0.1, 0.15) is 22.4 Å². The van der Waals surface area contributed by atoms with Gasteiger partial charge in [-0.1, -0.05) is 0 Å². The van der Waals surface area contributed by atoms with Crippen LogP contribution >= 0.6 is 11.3 Å². The summed E-state index contributed by atoms with van der Waals surface area (Å²) in [6, 6.07) is 4.00. The van der Waals surface area contributed by atoms with Crippen LogP contribution in [0.25, 0.3) is 0 Å². The van der Waals surface area contributed by atoms with Gasteiger partial charge in [0.1, 0.15) is 5.01 Å². The predicted octanol–water partition coefficient (Wildman–Crippen LogP) is 3.07. The van der Waals surface area contributed by atoms with Crippen molar-refractivity contribution in [2.24, 2.45) is 7.05 Å². The minimum absolute atomic E-state index is 0.0342. The van der Waals surface area contributed by atoms with Gasteiger partial charge in [-0.25, -0.2) is 4.98 Å². The van der Waals surface area contributed by atoms with Crippen molar-refractivity contribution < 1.29 is 17.9 Å². The molecule has 4 nitrogen and oxygen atoms in total. The molecule has 2 aromatic rings. The Balaban J connectivity index is 1.77. The molecule has 0 N–H and O–H groups in total. The maximum absolute atomic E-state index is 12.6. The highest BCUT2D eigenvalue weighted by Gasteiger charge is 2.34. The lowest BCUT2D eigenvalue weighted by molar-refractivity contribution is -0.140. The Morgan fingerprint density at radius 3 is 2.91 bits per heavy atom. The minimum Gasteiger partial charge on any atom is -0.378 e. The molecular formula is C14H16F3N3OS. The van der Waals surface area contributed by atoms with Gasteiger partial charge >= 0.3 is 6.18 Å². The van der Waals surface area contributed by atoms with E-state index in [2.05, 4.69) is 9.88 Å². The van der Waals surface area contributed by atoms with Crippen LogP contribution in [0, 0.1) is 0 Å². The first-order chi connectivity index (χ1) is 10.4. The molecule has 2 aromatic heterocycles. The van der Waals surface area contributed by atoms with E-state index in [-0.39, 0.29) is 6.04 Å². The van der Waals surface area contributed by atoms with Crippen LogP contribution in [0.15, 0.2) is 23.7 Å². The van der Waals surface area contributed by atoms with Gasteiger partial charge in [0, 0.05) is 30.9 Å². The molecule has 0 aliphatic carbocycles. The molecule has 0 bridgehead atoms. The summed E-state index contributed by atoms with van der Waals surface area (Å²) in [4.78, 5) is 5.84. The number of rotatable bonds is 3. The van der Waals surface area contributed by atoms with E-state index in [4.69, 9.17) is 4.74 Å². The van der Waals surface area contributed by atoms with Gasteiger partial charge in [0.2, 0.25) is 0 Å². The fourth-order valence-corrected chi connectivity index (χ4v) is 3.43. The van der Waals surface area contributed by atoms with Crippen LogP contribution < -0.4 is 0 Å². The van der Waals surface area contributed by atoms with Gasteiger partial charge < -0.3 is 9.30 Å². The number of thiazole rings is 1. The predicted molar refractivity (Wildman–Crippen MR) is 76.5 cm³/mol. The molecular weight excluding hydrogens is 315 g/mol. The topological polar surface area (TPSA) is 30.3 Å². The van der Waals surface area contributed by atoms with Gasteiger partial charge in [-0.3, -0.25) is 4.90 Å². The molecule has 0 aromatic carbocycles. The maximum Gasteiger partial charge on any atom is 0.434 e. The van der Waals surface area contributed by atoms with E-state index in [1.165, 1.54) is 0 Å². The Morgan fingerprint density at radius 2 is 2.27 bits per heavy atom. The highest BCUT2D eigenvalue weighted by atomic mass is 32.1. The average Bonchev–Trinajstić information content (AvgIpc) is 3.08. The van der Waals surface area contributed by atoms with E-state index >= 15 is 0 Å². The van der Waals surface area contributed by atoms with E-state index in [1.54, 1.807) is 0 Å². The summed E-state index contributed by atoms with van der Waals surface area (Å²) in [6.07, 6.45) is -2.43. The summed E-state index contributed by atoms with van der Waals surface area (Å²) in [7, 11) is 1.95. The van der Waals surface area contributed by atoms with Crippen molar-refractivity contribution in [3.05, 3.63) is 40.1 Å². The summed E-state index contributed by atoms with van der Waals surface area (Å²) < 4.78 is 45.5. The smallest absolute Gasteiger partial charge is 0.378 e. The fourth-order valence-electron chi connectivity index (χ4n) is 2.61. The average molecular weight is 331 g/mol. The zero-order valence-electron chi connectivity index (χ0n) is 12.0. The zero-order valence-corrected chi connectivity index (χ0v) is 12.8. The van der Waals surface area contributed by atoms with Crippen LogP contribution in [0.4, 0.5) is 13.2 Å². The molecule has 0 saturated carbocycles. The van der Waals surface area contributed by atoms with Crippen LogP contribution in [0.2, 0.25) is 0 Å².